The van der Waals surface area contributed by atoms with Gasteiger partial charge in [-0.3, -0.25) is 0 Å². The maximum absolute atomic E-state index is 13.7. The molecule has 0 spiro atoms. The quantitative estimate of drug-likeness (QED) is 0.388. The van der Waals surface area contributed by atoms with Crippen LogP contribution in [0.15, 0.2) is 59.6 Å². The number of hydrogen-bond acceptors (Lipinski definition) is 5. The van der Waals surface area contributed by atoms with Crippen LogP contribution >= 0.6 is 11.6 Å². The minimum absolute atomic E-state index is 0.0180. The minimum atomic E-state index is -4.02. The zero-order valence-corrected chi connectivity index (χ0v) is 21.0. The average Bonchev–Trinajstić information content (AvgIpc) is 3.23. The molecule has 3 heterocycles. The highest BCUT2D eigenvalue weighted by atomic mass is 35.5. The number of rotatable bonds is 6. The monoisotopic (exact) mass is 529 g/mol. The number of nitrogens with zero attached hydrogens (tertiary/aromatic N) is 4. The number of anilines is 1. The molecule has 186 valence electrons. The number of halogens is 3. The van der Waals surface area contributed by atoms with Crippen LogP contribution in [0, 0.1) is 17.6 Å². The lowest BCUT2D eigenvalue weighted by atomic mass is 9.99. The molecule has 1 unspecified atom stereocenters. The van der Waals surface area contributed by atoms with E-state index in [1.54, 1.807) is 16.8 Å². The van der Waals surface area contributed by atoms with Crippen molar-refractivity contribution in [2.75, 3.05) is 25.0 Å². The zero-order valence-electron chi connectivity index (χ0n) is 19.5. The molecule has 1 aliphatic heterocycles. The summed E-state index contributed by atoms with van der Waals surface area (Å²) in [5.74, 6) is -1.16. The molecule has 36 heavy (non-hydrogen) atoms. The Morgan fingerprint density at radius 3 is 2.64 bits per heavy atom. The first-order valence-electron chi connectivity index (χ1n) is 11.5. The molecule has 0 aliphatic carbocycles. The molecule has 0 amide bonds. The normalized spacial score (nSPS) is 16.9. The predicted octanol–water partition coefficient (Wildman–Crippen LogP) is 3.10. The first-order valence-corrected chi connectivity index (χ1v) is 13.3. The Kier molecular flexibility index (Phi) is 6.71. The van der Waals surface area contributed by atoms with E-state index in [1.807, 2.05) is 32.1 Å². The fourth-order valence-electron chi connectivity index (χ4n) is 4.49. The van der Waals surface area contributed by atoms with E-state index >= 15 is 0 Å². The van der Waals surface area contributed by atoms with Crippen LogP contribution < -0.4 is 10.8 Å². The number of benzene rings is 2. The van der Waals surface area contributed by atoms with Crippen molar-refractivity contribution in [2.45, 2.75) is 17.7 Å². The largest absolute Gasteiger partial charge is 0.370 e. The van der Waals surface area contributed by atoms with Crippen LogP contribution in [-0.4, -0.2) is 54.8 Å². The third-order valence-electron chi connectivity index (χ3n) is 6.33. The summed E-state index contributed by atoms with van der Waals surface area (Å²) < 4.78 is 56.5. The molecule has 1 N–H and O–H groups in total. The average molecular weight is 530 g/mol. The van der Waals surface area contributed by atoms with Crippen molar-refractivity contribution in [3.8, 4) is 11.3 Å². The predicted molar refractivity (Wildman–Crippen MR) is 138 cm³/mol. The van der Waals surface area contributed by atoms with Gasteiger partial charge in [0.25, 0.3) is 0 Å². The number of hydrogen-bond donors (Lipinski definition) is 1. The molecule has 1 atom stereocenters. The van der Waals surface area contributed by atoms with E-state index in [0.717, 1.165) is 29.6 Å². The Balaban J connectivity index is 1.38. The van der Waals surface area contributed by atoms with Crippen molar-refractivity contribution < 1.29 is 17.2 Å². The van der Waals surface area contributed by atoms with Crippen molar-refractivity contribution >= 4 is 46.4 Å². The maximum atomic E-state index is 13.7. The molecule has 5 rings (SSSR count). The Labute approximate surface area is 213 Å². The van der Waals surface area contributed by atoms with Crippen LogP contribution in [0.1, 0.15) is 12.8 Å². The summed E-state index contributed by atoms with van der Waals surface area (Å²) in [6.45, 7) is 1.01. The first kappa shape index (κ1) is 24.7. The van der Waals surface area contributed by atoms with Crippen LogP contribution in [0.4, 0.5) is 14.6 Å². The van der Waals surface area contributed by atoms with E-state index in [4.69, 9.17) is 16.6 Å². The topological polar surface area (TPSA) is 79.6 Å². The van der Waals surface area contributed by atoms with Crippen LogP contribution in [-0.2, 0) is 10.0 Å². The molecule has 0 saturated carbocycles. The fraction of sp³-hybridized carbons (Fsp3) is 0.250. The molecular formula is C24H23BClF2N5O2S. The van der Waals surface area contributed by atoms with Gasteiger partial charge in [0.2, 0.25) is 10.0 Å². The van der Waals surface area contributed by atoms with Crippen LogP contribution in [0.25, 0.3) is 16.9 Å². The molecular weight excluding hydrogens is 507 g/mol. The fourth-order valence-corrected chi connectivity index (χ4v) is 6.32. The van der Waals surface area contributed by atoms with E-state index in [2.05, 4.69) is 10.4 Å². The van der Waals surface area contributed by atoms with Gasteiger partial charge in [0.05, 0.1) is 10.6 Å². The summed E-state index contributed by atoms with van der Waals surface area (Å²) in [6.07, 6.45) is 3.18. The Bertz CT molecular complexity index is 1530. The van der Waals surface area contributed by atoms with Gasteiger partial charge in [-0.15, -0.1) is 0 Å². The smallest absolute Gasteiger partial charge is 0.243 e. The summed E-state index contributed by atoms with van der Waals surface area (Å²) in [6, 6.07) is 11.7. The Morgan fingerprint density at radius 2 is 1.89 bits per heavy atom. The number of fused-ring (bicyclic) bond motifs is 1. The van der Waals surface area contributed by atoms with E-state index in [9.17, 15) is 17.2 Å². The van der Waals surface area contributed by atoms with Crippen molar-refractivity contribution in [3.63, 3.8) is 0 Å². The number of piperidine rings is 1. The highest BCUT2D eigenvalue weighted by Gasteiger charge is 2.31. The van der Waals surface area contributed by atoms with Gasteiger partial charge < -0.3 is 5.32 Å². The standard InChI is InChI=1S/C24H23BClF2N5O2S/c25-20-13-30-33-23(11-22(31-24(20)33)19-5-1-2-6-21(19)26)29-12-15-4-3-7-32(14-15)36(34,35)18-9-16(27)8-17(28)10-18/h1-2,5-6,8-11,13,15,29H,3-4,7,12,14,25H2. The van der Waals surface area contributed by atoms with E-state index in [0.29, 0.717) is 47.8 Å². The van der Waals surface area contributed by atoms with Crippen molar-refractivity contribution in [3.05, 3.63) is 71.4 Å². The second-order valence-corrected chi connectivity index (χ2v) is 11.3. The zero-order chi connectivity index (χ0) is 25.4. The number of aromatic nitrogens is 3. The maximum Gasteiger partial charge on any atom is 0.243 e. The number of nitrogens with one attached hydrogen (secondary N) is 1. The van der Waals surface area contributed by atoms with Gasteiger partial charge in [-0.05, 0) is 42.4 Å². The van der Waals surface area contributed by atoms with E-state index in [-0.39, 0.29) is 17.4 Å². The molecule has 12 heteroatoms. The van der Waals surface area contributed by atoms with Crippen molar-refractivity contribution in [1.82, 2.24) is 18.9 Å². The van der Waals surface area contributed by atoms with Crippen LogP contribution in [0.5, 0.6) is 0 Å². The summed E-state index contributed by atoms with van der Waals surface area (Å²) in [5.41, 5.74) is 3.09. The highest BCUT2D eigenvalue weighted by molar-refractivity contribution is 7.89. The number of sulfonamides is 1. The second-order valence-electron chi connectivity index (χ2n) is 8.93. The summed E-state index contributed by atoms with van der Waals surface area (Å²) >= 11 is 6.41. The molecule has 1 saturated heterocycles. The Morgan fingerprint density at radius 1 is 1.14 bits per heavy atom. The van der Waals surface area contributed by atoms with Gasteiger partial charge in [-0.2, -0.15) is 13.9 Å². The van der Waals surface area contributed by atoms with Gasteiger partial charge in [-0.25, -0.2) is 22.2 Å². The minimum Gasteiger partial charge on any atom is -0.370 e. The SMILES string of the molecule is Bc1cnn2c(NCC3CCCN(S(=O)(=O)c4cc(F)cc(F)c4)C3)cc(-c3ccccc3Cl)nc12. The molecule has 2 aromatic carbocycles. The first-order chi connectivity index (χ1) is 17.2. The third kappa shape index (κ3) is 4.83. The Hall–Kier alpha value is -3.02. The van der Waals surface area contributed by atoms with Crippen LogP contribution in [0.2, 0.25) is 5.02 Å². The third-order valence-corrected chi connectivity index (χ3v) is 8.50. The molecule has 4 aromatic rings. The van der Waals surface area contributed by atoms with Gasteiger partial charge in [0, 0.05) is 48.5 Å². The lowest BCUT2D eigenvalue weighted by Gasteiger charge is -2.32. The molecule has 0 radical (unpaired) electrons. The lowest BCUT2D eigenvalue weighted by molar-refractivity contribution is 0.275. The molecule has 2 aromatic heterocycles. The molecule has 7 nitrogen and oxygen atoms in total. The van der Waals surface area contributed by atoms with E-state index in [1.165, 1.54) is 4.31 Å². The molecule has 1 aliphatic rings. The van der Waals surface area contributed by atoms with Gasteiger partial charge >= 0.3 is 0 Å². The van der Waals surface area contributed by atoms with Gasteiger partial charge in [-0.1, -0.05) is 29.8 Å². The van der Waals surface area contributed by atoms with Crippen molar-refractivity contribution in [2.24, 2.45) is 5.92 Å². The second kappa shape index (κ2) is 9.80. The molecule has 1 fully saturated rings. The molecule has 0 bridgehead atoms. The van der Waals surface area contributed by atoms with Crippen LogP contribution in [0.3, 0.4) is 0 Å². The summed E-state index contributed by atoms with van der Waals surface area (Å²) in [5, 5.41) is 8.42. The van der Waals surface area contributed by atoms with Gasteiger partial charge in [0.15, 0.2) is 5.65 Å². The van der Waals surface area contributed by atoms with E-state index < -0.39 is 21.7 Å². The summed E-state index contributed by atoms with van der Waals surface area (Å²) in [7, 11) is -2.09. The lowest BCUT2D eigenvalue weighted by Crippen LogP contribution is -2.41. The van der Waals surface area contributed by atoms with Gasteiger partial charge in [0.1, 0.15) is 25.3 Å². The highest BCUT2D eigenvalue weighted by Crippen LogP contribution is 2.29. The van der Waals surface area contributed by atoms with Crippen molar-refractivity contribution in [1.29, 1.82) is 0 Å². The summed E-state index contributed by atoms with van der Waals surface area (Å²) in [4.78, 5) is 4.37.